The number of fused-ring (bicyclic) bond motifs is 1. The van der Waals surface area contributed by atoms with E-state index < -0.39 is 46.3 Å². The molecule has 0 spiro atoms. The summed E-state index contributed by atoms with van der Waals surface area (Å²) in [6.45, 7) is 1.24. The molecule has 2 N–H and O–H groups in total. The van der Waals surface area contributed by atoms with Gasteiger partial charge in [-0.1, -0.05) is 18.2 Å². The lowest BCUT2D eigenvalue weighted by Crippen LogP contribution is -2.47. The maximum Gasteiger partial charge on any atom is 0.416 e. The third-order valence-electron chi connectivity index (χ3n) is 5.16. The van der Waals surface area contributed by atoms with Crippen LogP contribution < -0.4 is 4.72 Å². The number of hydrogen-bond acceptors (Lipinski definition) is 4. The molecule has 0 aliphatic carbocycles. The van der Waals surface area contributed by atoms with Crippen LogP contribution in [0.25, 0.3) is 10.9 Å². The normalized spacial score (nSPS) is 15.7. The fourth-order valence-electron chi connectivity index (χ4n) is 3.76. The molecule has 0 saturated heterocycles. The van der Waals surface area contributed by atoms with E-state index in [1.54, 1.807) is 0 Å². The molecule has 3 aromatic rings. The van der Waals surface area contributed by atoms with Gasteiger partial charge in [-0.15, -0.1) is 0 Å². The van der Waals surface area contributed by atoms with Gasteiger partial charge in [-0.25, -0.2) is 17.2 Å². The Morgan fingerprint density at radius 2 is 1.69 bits per heavy atom. The molecule has 2 unspecified atom stereocenters. The monoisotopic (exact) mass is 477 g/mol. The topological polar surface area (TPSA) is 84.2 Å². The van der Waals surface area contributed by atoms with E-state index in [1.165, 1.54) is 31.3 Å². The minimum Gasteiger partial charge on any atom is -0.391 e. The van der Waals surface area contributed by atoms with E-state index in [4.69, 9.17) is 0 Å². The second-order valence-corrected chi connectivity index (χ2v) is 9.19. The molecular weight excluding hydrogens is 457 g/mol. The van der Waals surface area contributed by atoms with Crippen LogP contribution in [0.15, 0.2) is 48.7 Å². The maximum absolute atomic E-state index is 13.7. The summed E-state index contributed by atoms with van der Waals surface area (Å²) in [6.07, 6.45) is -7.83. The summed E-state index contributed by atoms with van der Waals surface area (Å²) < 4.78 is 93.2. The van der Waals surface area contributed by atoms with Crippen molar-refractivity contribution in [2.24, 2.45) is 0 Å². The highest BCUT2D eigenvalue weighted by Gasteiger charge is 2.44. The van der Waals surface area contributed by atoms with E-state index in [0.29, 0.717) is 0 Å². The molecule has 0 fully saturated rings. The van der Waals surface area contributed by atoms with Gasteiger partial charge in [-0.05, 0) is 36.8 Å². The van der Waals surface area contributed by atoms with E-state index in [0.717, 1.165) is 35.2 Å². The molecule has 0 aliphatic rings. The van der Waals surface area contributed by atoms with Crippen molar-refractivity contribution in [1.82, 2.24) is 9.78 Å². The van der Waals surface area contributed by atoms with Gasteiger partial charge in [0.1, 0.15) is 5.54 Å². The SMILES string of the molecule is CC(O)C(CC(F)F)(c1ccc(C(F)(F)F)cc1)n1ncc2c(NS(C)(=O)=O)cccc21. The molecule has 6 nitrogen and oxygen atoms in total. The number of nitrogens with one attached hydrogen (secondary N) is 1. The second-order valence-electron chi connectivity index (χ2n) is 7.44. The van der Waals surface area contributed by atoms with Gasteiger partial charge < -0.3 is 5.11 Å². The minimum atomic E-state index is -4.63. The smallest absolute Gasteiger partial charge is 0.391 e. The average Bonchev–Trinajstić information content (AvgIpc) is 3.09. The van der Waals surface area contributed by atoms with Gasteiger partial charge in [0.25, 0.3) is 0 Å². The Bertz CT molecular complexity index is 1210. The summed E-state index contributed by atoms with van der Waals surface area (Å²) in [5, 5.41) is 15.1. The van der Waals surface area contributed by atoms with Crippen LogP contribution in [0.3, 0.4) is 0 Å². The zero-order valence-electron chi connectivity index (χ0n) is 16.9. The van der Waals surface area contributed by atoms with Crippen LogP contribution in [0, 0.1) is 0 Å². The molecule has 3 rings (SSSR count). The van der Waals surface area contributed by atoms with Crippen LogP contribution in [0.5, 0.6) is 0 Å². The number of rotatable bonds is 7. The van der Waals surface area contributed by atoms with Crippen LogP contribution in [0.2, 0.25) is 0 Å². The first-order chi connectivity index (χ1) is 14.8. The summed E-state index contributed by atoms with van der Waals surface area (Å²) >= 11 is 0. The standard InChI is InChI=1S/C20H20F5N3O3S/c1-12(29)19(10-18(21)22,13-6-8-14(9-7-13)20(23,24)25)28-17-5-3-4-16(15(17)11-26-28)27-32(2,30)31/h3-9,11-12,18,27,29H,10H2,1-2H3. The van der Waals surface area contributed by atoms with Gasteiger partial charge in [0.05, 0.1) is 35.3 Å². The van der Waals surface area contributed by atoms with E-state index in [9.17, 15) is 35.5 Å². The fraction of sp³-hybridized carbons (Fsp3) is 0.350. The molecule has 32 heavy (non-hydrogen) atoms. The molecule has 1 heterocycles. The molecule has 12 heteroatoms. The molecule has 2 aromatic carbocycles. The summed E-state index contributed by atoms with van der Waals surface area (Å²) in [6, 6.07) is 7.97. The molecule has 0 bridgehead atoms. The first-order valence-corrected chi connectivity index (χ1v) is 11.2. The van der Waals surface area contributed by atoms with Crippen LogP contribution >= 0.6 is 0 Å². The molecule has 0 amide bonds. The van der Waals surface area contributed by atoms with E-state index in [1.807, 2.05) is 0 Å². The third-order valence-corrected chi connectivity index (χ3v) is 5.75. The van der Waals surface area contributed by atoms with Crippen molar-refractivity contribution in [3.05, 3.63) is 59.8 Å². The zero-order chi connectivity index (χ0) is 23.9. The molecule has 0 aliphatic heterocycles. The number of benzene rings is 2. The third kappa shape index (κ3) is 4.56. The number of alkyl halides is 5. The maximum atomic E-state index is 13.7. The Kier molecular flexibility index (Phi) is 6.22. The van der Waals surface area contributed by atoms with Gasteiger partial charge in [0.2, 0.25) is 16.4 Å². The highest BCUT2D eigenvalue weighted by atomic mass is 32.2. The minimum absolute atomic E-state index is 0.00715. The Morgan fingerprint density at radius 3 is 2.19 bits per heavy atom. The van der Waals surface area contributed by atoms with Crippen molar-refractivity contribution in [1.29, 1.82) is 0 Å². The Labute approximate surface area is 180 Å². The fourth-order valence-corrected chi connectivity index (χ4v) is 4.33. The number of hydrogen-bond donors (Lipinski definition) is 2. The van der Waals surface area contributed by atoms with Crippen molar-refractivity contribution >= 4 is 26.6 Å². The van der Waals surface area contributed by atoms with Crippen molar-refractivity contribution in [2.45, 2.75) is 37.6 Å². The van der Waals surface area contributed by atoms with Crippen molar-refractivity contribution < 1.29 is 35.5 Å². The van der Waals surface area contributed by atoms with Gasteiger partial charge in [-0.2, -0.15) is 18.3 Å². The van der Waals surface area contributed by atoms with Gasteiger partial charge in [-0.3, -0.25) is 9.40 Å². The van der Waals surface area contributed by atoms with Gasteiger partial charge in [0.15, 0.2) is 0 Å². The summed E-state index contributed by atoms with van der Waals surface area (Å²) in [4.78, 5) is 0. The Morgan fingerprint density at radius 1 is 1.09 bits per heavy atom. The predicted octanol–water partition coefficient (Wildman–Crippen LogP) is 4.21. The Hall–Kier alpha value is -2.73. The van der Waals surface area contributed by atoms with Crippen LogP contribution in [-0.2, 0) is 21.7 Å². The zero-order valence-corrected chi connectivity index (χ0v) is 17.8. The lowest BCUT2D eigenvalue weighted by molar-refractivity contribution is -0.137. The molecule has 174 valence electrons. The average molecular weight is 477 g/mol. The quantitative estimate of drug-likeness (QED) is 0.500. The van der Waals surface area contributed by atoms with Crippen LogP contribution in [0.1, 0.15) is 24.5 Å². The number of sulfonamides is 1. The highest BCUT2D eigenvalue weighted by Crippen LogP contribution is 2.40. The molecule has 2 atom stereocenters. The Balaban J connectivity index is 2.28. The summed E-state index contributed by atoms with van der Waals surface area (Å²) in [5.41, 5.74) is -2.56. The number of anilines is 1. The summed E-state index contributed by atoms with van der Waals surface area (Å²) in [5.74, 6) is 0. The molecule has 0 radical (unpaired) electrons. The largest absolute Gasteiger partial charge is 0.416 e. The van der Waals surface area contributed by atoms with Crippen LogP contribution in [0.4, 0.5) is 27.6 Å². The number of aromatic nitrogens is 2. The molecule has 1 aromatic heterocycles. The van der Waals surface area contributed by atoms with E-state index in [-0.39, 0.29) is 22.2 Å². The lowest BCUT2D eigenvalue weighted by atomic mass is 9.81. The molecular formula is C20H20F5N3O3S. The summed E-state index contributed by atoms with van der Waals surface area (Å²) in [7, 11) is -3.66. The van der Waals surface area contributed by atoms with E-state index >= 15 is 0 Å². The number of halogens is 5. The van der Waals surface area contributed by atoms with Crippen molar-refractivity contribution in [3.8, 4) is 0 Å². The number of aliphatic hydroxyl groups is 1. The molecule has 0 saturated carbocycles. The number of nitrogens with zero attached hydrogens (tertiary/aromatic N) is 2. The first kappa shape index (κ1) is 23.9. The number of aliphatic hydroxyl groups excluding tert-OH is 1. The highest BCUT2D eigenvalue weighted by molar-refractivity contribution is 7.92. The van der Waals surface area contributed by atoms with Gasteiger partial charge in [0, 0.05) is 11.8 Å². The van der Waals surface area contributed by atoms with Gasteiger partial charge >= 0.3 is 6.18 Å². The van der Waals surface area contributed by atoms with E-state index in [2.05, 4.69) is 9.82 Å². The van der Waals surface area contributed by atoms with Crippen LogP contribution in [-0.4, -0.2) is 42.1 Å². The predicted molar refractivity (Wildman–Crippen MR) is 109 cm³/mol. The van der Waals surface area contributed by atoms with Crippen molar-refractivity contribution in [3.63, 3.8) is 0 Å². The first-order valence-electron chi connectivity index (χ1n) is 9.34. The van der Waals surface area contributed by atoms with Crippen molar-refractivity contribution in [2.75, 3.05) is 11.0 Å². The second kappa shape index (κ2) is 8.32. The lowest BCUT2D eigenvalue weighted by Gasteiger charge is -2.38.